The summed E-state index contributed by atoms with van der Waals surface area (Å²) in [4.78, 5) is 14.2. The molecule has 0 radical (unpaired) electrons. The lowest BCUT2D eigenvalue weighted by Gasteiger charge is -2.23. The van der Waals surface area contributed by atoms with Crippen molar-refractivity contribution in [2.75, 3.05) is 13.1 Å². The van der Waals surface area contributed by atoms with Gasteiger partial charge in [-0.3, -0.25) is 9.48 Å². The van der Waals surface area contributed by atoms with Crippen LogP contribution in [0.1, 0.15) is 36.8 Å². The molecular formula is C13H23N5O2. The van der Waals surface area contributed by atoms with E-state index in [1.54, 1.807) is 22.8 Å². The Hall–Kier alpha value is -2.05. The van der Waals surface area contributed by atoms with Crippen LogP contribution in [0.5, 0.6) is 0 Å². The van der Waals surface area contributed by atoms with Crippen molar-refractivity contribution in [2.24, 2.45) is 23.9 Å². The fourth-order valence-electron chi connectivity index (χ4n) is 2.02. The molecule has 0 fully saturated rings. The minimum Gasteiger partial charge on any atom is -0.409 e. The van der Waals surface area contributed by atoms with Gasteiger partial charge in [0.25, 0.3) is 5.91 Å². The highest BCUT2D eigenvalue weighted by atomic mass is 16.4. The van der Waals surface area contributed by atoms with Gasteiger partial charge >= 0.3 is 0 Å². The van der Waals surface area contributed by atoms with E-state index in [0.717, 1.165) is 5.69 Å². The standard InChI is InChI=1S/C13H23N5O2/c1-5-11-10(8-17(4)15-11)13(19)18(6-2)7-9(3)12(14)16-20/h8-9,20H,5-7H2,1-4H3,(H2,14,16). The second-order valence-electron chi connectivity index (χ2n) is 4.79. The molecule has 0 aliphatic heterocycles. The van der Waals surface area contributed by atoms with E-state index in [-0.39, 0.29) is 17.7 Å². The fraction of sp³-hybridized carbons (Fsp3) is 0.615. The summed E-state index contributed by atoms with van der Waals surface area (Å²) in [7, 11) is 1.80. The molecule has 0 aromatic carbocycles. The Labute approximate surface area is 119 Å². The molecule has 0 aliphatic rings. The summed E-state index contributed by atoms with van der Waals surface area (Å²) in [5.41, 5.74) is 6.96. The Bertz CT molecular complexity index is 495. The molecule has 112 valence electrons. The van der Waals surface area contributed by atoms with Gasteiger partial charge in [-0.2, -0.15) is 5.10 Å². The average molecular weight is 281 g/mol. The van der Waals surface area contributed by atoms with Crippen molar-refractivity contribution in [3.8, 4) is 0 Å². The van der Waals surface area contributed by atoms with Crippen LogP contribution in [0.15, 0.2) is 11.4 Å². The van der Waals surface area contributed by atoms with E-state index in [4.69, 9.17) is 10.9 Å². The number of nitrogens with two attached hydrogens (primary N) is 1. The van der Waals surface area contributed by atoms with Gasteiger partial charge in [-0.25, -0.2) is 0 Å². The molecule has 3 N–H and O–H groups in total. The number of rotatable bonds is 6. The van der Waals surface area contributed by atoms with E-state index in [9.17, 15) is 4.79 Å². The molecule has 0 aliphatic carbocycles. The van der Waals surface area contributed by atoms with Crippen molar-refractivity contribution in [2.45, 2.75) is 27.2 Å². The largest absolute Gasteiger partial charge is 0.409 e. The van der Waals surface area contributed by atoms with Crippen LogP contribution in [-0.2, 0) is 13.5 Å². The van der Waals surface area contributed by atoms with Gasteiger partial charge < -0.3 is 15.8 Å². The van der Waals surface area contributed by atoms with Crippen LogP contribution in [0.4, 0.5) is 0 Å². The third-order valence-corrected chi connectivity index (χ3v) is 3.25. The third-order valence-electron chi connectivity index (χ3n) is 3.25. The van der Waals surface area contributed by atoms with Gasteiger partial charge in [0.05, 0.1) is 11.3 Å². The molecule has 1 amide bonds. The van der Waals surface area contributed by atoms with Crippen LogP contribution >= 0.6 is 0 Å². The number of aromatic nitrogens is 2. The summed E-state index contributed by atoms with van der Waals surface area (Å²) in [6.45, 7) is 6.64. The Balaban J connectivity index is 2.91. The highest BCUT2D eigenvalue weighted by Gasteiger charge is 2.22. The normalized spacial score (nSPS) is 13.3. The van der Waals surface area contributed by atoms with E-state index >= 15 is 0 Å². The summed E-state index contributed by atoms with van der Waals surface area (Å²) >= 11 is 0. The lowest BCUT2D eigenvalue weighted by Crippen LogP contribution is -2.39. The first-order chi connectivity index (χ1) is 9.44. The van der Waals surface area contributed by atoms with E-state index in [2.05, 4.69) is 10.3 Å². The van der Waals surface area contributed by atoms with Gasteiger partial charge in [0, 0.05) is 32.3 Å². The summed E-state index contributed by atoms with van der Waals surface area (Å²) < 4.78 is 1.65. The van der Waals surface area contributed by atoms with Gasteiger partial charge in [-0.1, -0.05) is 19.0 Å². The minimum atomic E-state index is -0.203. The van der Waals surface area contributed by atoms with Gasteiger partial charge in [0.15, 0.2) is 0 Å². The number of hydrogen-bond donors (Lipinski definition) is 2. The van der Waals surface area contributed by atoms with Crippen molar-refractivity contribution < 1.29 is 10.0 Å². The van der Waals surface area contributed by atoms with Crippen molar-refractivity contribution in [1.82, 2.24) is 14.7 Å². The first kappa shape index (κ1) is 16.0. The smallest absolute Gasteiger partial charge is 0.257 e. The fourth-order valence-corrected chi connectivity index (χ4v) is 2.02. The molecule has 7 heteroatoms. The second-order valence-corrected chi connectivity index (χ2v) is 4.79. The van der Waals surface area contributed by atoms with Crippen LogP contribution in [0.3, 0.4) is 0 Å². The second kappa shape index (κ2) is 6.93. The summed E-state index contributed by atoms with van der Waals surface area (Å²) in [5.74, 6) is -0.154. The molecule has 0 bridgehead atoms. The number of amides is 1. The maximum Gasteiger partial charge on any atom is 0.257 e. The Morgan fingerprint density at radius 2 is 2.25 bits per heavy atom. The number of nitrogens with zero attached hydrogens (tertiary/aromatic N) is 4. The number of amidine groups is 1. The Morgan fingerprint density at radius 3 is 2.75 bits per heavy atom. The summed E-state index contributed by atoms with van der Waals surface area (Å²) in [6, 6.07) is 0. The lowest BCUT2D eigenvalue weighted by atomic mass is 10.1. The number of carbonyl (C=O) groups excluding carboxylic acids is 1. The number of carbonyl (C=O) groups is 1. The Kier molecular flexibility index (Phi) is 5.54. The maximum absolute atomic E-state index is 12.5. The van der Waals surface area contributed by atoms with Crippen molar-refractivity contribution in [3.63, 3.8) is 0 Å². The molecule has 1 atom stereocenters. The van der Waals surface area contributed by atoms with Gasteiger partial charge in [-0.15, -0.1) is 0 Å². The number of hydrogen-bond acceptors (Lipinski definition) is 4. The van der Waals surface area contributed by atoms with E-state index in [1.807, 2.05) is 20.8 Å². The van der Waals surface area contributed by atoms with Crippen LogP contribution < -0.4 is 5.73 Å². The third kappa shape index (κ3) is 3.49. The SMILES string of the molecule is CCc1nn(C)cc1C(=O)N(CC)CC(C)C(N)=NO. The molecule has 0 spiro atoms. The summed E-state index contributed by atoms with van der Waals surface area (Å²) in [5, 5.41) is 15.9. The van der Waals surface area contributed by atoms with E-state index in [1.165, 1.54) is 0 Å². The predicted molar refractivity (Wildman–Crippen MR) is 76.7 cm³/mol. The molecule has 1 aromatic heterocycles. The average Bonchev–Trinajstić information content (AvgIpc) is 2.83. The molecule has 0 saturated heterocycles. The molecule has 1 rings (SSSR count). The van der Waals surface area contributed by atoms with Crippen LogP contribution in [-0.4, -0.2) is 44.7 Å². The topological polar surface area (TPSA) is 96.7 Å². The number of oxime groups is 1. The highest BCUT2D eigenvalue weighted by molar-refractivity contribution is 5.95. The zero-order chi connectivity index (χ0) is 15.3. The molecule has 0 saturated carbocycles. The minimum absolute atomic E-state index is 0.0740. The summed E-state index contributed by atoms with van der Waals surface area (Å²) in [6.07, 6.45) is 2.44. The van der Waals surface area contributed by atoms with Gasteiger partial charge in [0.1, 0.15) is 5.84 Å². The molecular weight excluding hydrogens is 258 g/mol. The highest BCUT2D eigenvalue weighted by Crippen LogP contribution is 2.12. The van der Waals surface area contributed by atoms with Crippen molar-refractivity contribution >= 4 is 11.7 Å². The number of aryl methyl sites for hydroxylation is 2. The zero-order valence-electron chi connectivity index (χ0n) is 12.5. The molecule has 1 heterocycles. The molecule has 1 unspecified atom stereocenters. The van der Waals surface area contributed by atoms with Gasteiger partial charge in [-0.05, 0) is 13.3 Å². The predicted octanol–water partition coefficient (Wildman–Crippen LogP) is 0.827. The van der Waals surface area contributed by atoms with Crippen LogP contribution in [0.2, 0.25) is 0 Å². The monoisotopic (exact) mass is 281 g/mol. The molecule has 20 heavy (non-hydrogen) atoms. The lowest BCUT2D eigenvalue weighted by molar-refractivity contribution is 0.0752. The van der Waals surface area contributed by atoms with Crippen molar-refractivity contribution in [3.05, 3.63) is 17.5 Å². The van der Waals surface area contributed by atoms with E-state index < -0.39 is 0 Å². The first-order valence-corrected chi connectivity index (χ1v) is 6.73. The van der Waals surface area contributed by atoms with Crippen LogP contribution in [0, 0.1) is 5.92 Å². The quantitative estimate of drug-likeness (QED) is 0.349. The van der Waals surface area contributed by atoms with Crippen LogP contribution in [0.25, 0.3) is 0 Å². The Morgan fingerprint density at radius 1 is 1.60 bits per heavy atom. The molecule has 1 aromatic rings. The first-order valence-electron chi connectivity index (χ1n) is 6.73. The zero-order valence-corrected chi connectivity index (χ0v) is 12.5. The van der Waals surface area contributed by atoms with E-state index in [0.29, 0.717) is 25.1 Å². The maximum atomic E-state index is 12.5. The molecule has 7 nitrogen and oxygen atoms in total. The van der Waals surface area contributed by atoms with Gasteiger partial charge in [0.2, 0.25) is 0 Å². The van der Waals surface area contributed by atoms with Crippen molar-refractivity contribution in [1.29, 1.82) is 0 Å².